The Balaban J connectivity index is 2.50. The summed E-state index contributed by atoms with van der Waals surface area (Å²) in [5.41, 5.74) is -1.18. The average molecular weight is 290 g/mol. The second kappa shape index (κ2) is 5.27. The lowest BCUT2D eigenvalue weighted by molar-refractivity contribution is 0.459. The Morgan fingerprint density at radius 3 is 2.10 bits per heavy atom. The van der Waals surface area contributed by atoms with Gasteiger partial charge in [-0.2, -0.15) is 4.98 Å². The summed E-state index contributed by atoms with van der Waals surface area (Å²) in [7, 11) is 1.43. The van der Waals surface area contributed by atoms with Crippen molar-refractivity contribution in [3.8, 4) is 0 Å². The van der Waals surface area contributed by atoms with Crippen molar-refractivity contribution >= 4 is 17.5 Å². The van der Waals surface area contributed by atoms with E-state index in [9.17, 15) is 22.0 Å². The van der Waals surface area contributed by atoms with Crippen LogP contribution < -0.4 is 10.6 Å². The number of halogens is 5. The minimum absolute atomic E-state index is 0.0468. The van der Waals surface area contributed by atoms with Gasteiger partial charge in [-0.1, -0.05) is 0 Å². The van der Waals surface area contributed by atoms with Crippen molar-refractivity contribution in [1.82, 2.24) is 9.97 Å². The number of rotatable bonds is 3. The number of hydrogen-bond acceptors (Lipinski definition) is 4. The summed E-state index contributed by atoms with van der Waals surface area (Å²) >= 11 is 0. The molecular formula is C11H7F5N4. The minimum Gasteiger partial charge on any atom is -0.357 e. The minimum atomic E-state index is -1.69. The van der Waals surface area contributed by atoms with Gasteiger partial charge in [0.15, 0.2) is 34.9 Å². The SMILES string of the molecule is CNc1ncc(F)c(Nc2c(F)c(F)cc(F)c2F)n1. The van der Waals surface area contributed by atoms with E-state index in [1.165, 1.54) is 7.05 Å². The topological polar surface area (TPSA) is 49.8 Å². The van der Waals surface area contributed by atoms with Crippen molar-refractivity contribution in [1.29, 1.82) is 0 Å². The third-order valence-electron chi connectivity index (χ3n) is 2.32. The van der Waals surface area contributed by atoms with E-state index in [1.807, 2.05) is 5.32 Å². The molecule has 9 heteroatoms. The van der Waals surface area contributed by atoms with Gasteiger partial charge in [0.25, 0.3) is 0 Å². The Kier molecular flexibility index (Phi) is 3.68. The molecular weight excluding hydrogens is 283 g/mol. The van der Waals surface area contributed by atoms with E-state index in [0.717, 1.165) is 6.20 Å². The first-order valence-corrected chi connectivity index (χ1v) is 5.24. The van der Waals surface area contributed by atoms with Crippen LogP contribution in [0.4, 0.5) is 39.4 Å². The maximum Gasteiger partial charge on any atom is 0.224 e. The molecule has 0 radical (unpaired) electrons. The van der Waals surface area contributed by atoms with Gasteiger partial charge >= 0.3 is 0 Å². The molecule has 0 atom stereocenters. The molecule has 0 saturated carbocycles. The molecule has 106 valence electrons. The third-order valence-corrected chi connectivity index (χ3v) is 2.32. The summed E-state index contributed by atoms with van der Waals surface area (Å²) in [5.74, 6) is -8.34. The van der Waals surface area contributed by atoms with Crippen molar-refractivity contribution in [2.75, 3.05) is 17.7 Å². The first-order chi connectivity index (χ1) is 9.43. The highest BCUT2D eigenvalue weighted by Crippen LogP contribution is 2.27. The molecule has 1 heterocycles. The highest BCUT2D eigenvalue weighted by atomic mass is 19.2. The maximum absolute atomic E-state index is 13.4. The predicted octanol–water partition coefficient (Wildman–Crippen LogP) is 2.96. The summed E-state index contributed by atoms with van der Waals surface area (Å²) in [6, 6.07) is 0.0468. The summed E-state index contributed by atoms with van der Waals surface area (Å²) in [4.78, 5) is 7.05. The molecule has 1 aromatic carbocycles. The number of hydrogen-bond donors (Lipinski definition) is 2. The first kappa shape index (κ1) is 14.0. The van der Waals surface area contributed by atoms with Gasteiger partial charge < -0.3 is 10.6 Å². The van der Waals surface area contributed by atoms with Gasteiger partial charge in [0.1, 0.15) is 5.69 Å². The van der Waals surface area contributed by atoms with E-state index in [0.29, 0.717) is 0 Å². The Morgan fingerprint density at radius 2 is 1.55 bits per heavy atom. The highest BCUT2D eigenvalue weighted by Gasteiger charge is 2.21. The van der Waals surface area contributed by atoms with Gasteiger partial charge in [-0.05, 0) is 0 Å². The summed E-state index contributed by atoms with van der Waals surface area (Å²) in [6.07, 6.45) is 0.729. The molecule has 2 rings (SSSR count). The van der Waals surface area contributed by atoms with E-state index in [2.05, 4.69) is 15.3 Å². The fraction of sp³-hybridized carbons (Fsp3) is 0.0909. The second-order valence-corrected chi connectivity index (χ2v) is 3.61. The van der Waals surface area contributed by atoms with Crippen LogP contribution in [-0.4, -0.2) is 17.0 Å². The van der Waals surface area contributed by atoms with Crippen molar-refractivity contribution in [3.63, 3.8) is 0 Å². The Labute approximate surface area is 109 Å². The molecule has 4 nitrogen and oxygen atoms in total. The Bertz CT molecular complexity index is 635. The van der Waals surface area contributed by atoms with Crippen LogP contribution in [0.3, 0.4) is 0 Å². The van der Waals surface area contributed by atoms with E-state index < -0.39 is 40.6 Å². The second-order valence-electron chi connectivity index (χ2n) is 3.61. The van der Waals surface area contributed by atoms with Crippen molar-refractivity contribution in [3.05, 3.63) is 41.3 Å². The normalized spacial score (nSPS) is 10.5. The van der Waals surface area contributed by atoms with Gasteiger partial charge in [-0.15, -0.1) is 0 Å². The number of benzene rings is 1. The van der Waals surface area contributed by atoms with Crippen LogP contribution in [0.25, 0.3) is 0 Å². The fourth-order valence-electron chi connectivity index (χ4n) is 1.38. The molecule has 2 N–H and O–H groups in total. The molecule has 0 aliphatic rings. The first-order valence-electron chi connectivity index (χ1n) is 5.24. The molecule has 1 aromatic heterocycles. The van der Waals surface area contributed by atoms with Crippen LogP contribution in [-0.2, 0) is 0 Å². The van der Waals surface area contributed by atoms with Gasteiger partial charge in [0.05, 0.1) is 6.20 Å². The molecule has 0 amide bonds. The third kappa shape index (κ3) is 2.46. The molecule has 0 spiro atoms. The number of nitrogens with one attached hydrogen (secondary N) is 2. The monoisotopic (exact) mass is 290 g/mol. The summed E-state index contributed by atoms with van der Waals surface area (Å²) in [6.45, 7) is 0. The molecule has 0 unspecified atom stereocenters. The van der Waals surface area contributed by atoms with Gasteiger partial charge in [0, 0.05) is 13.1 Å². The van der Waals surface area contributed by atoms with Crippen LogP contribution in [0.1, 0.15) is 0 Å². The van der Waals surface area contributed by atoms with Crippen molar-refractivity contribution in [2.24, 2.45) is 0 Å². The molecule has 2 aromatic rings. The van der Waals surface area contributed by atoms with Gasteiger partial charge in [-0.3, -0.25) is 0 Å². The molecule has 0 aliphatic carbocycles. The highest BCUT2D eigenvalue weighted by molar-refractivity contribution is 5.59. The van der Waals surface area contributed by atoms with Crippen molar-refractivity contribution < 1.29 is 22.0 Å². The van der Waals surface area contributed by atoms with Crippen LogP contribution in [0.5, 0.6) is 0 Å². The predicted molar refractivity (Wildman–Crippen MR) is 61.1 cm³/mol. The van der Waals surface area contributed by atoms with E-state index in [4.69, 9.17) is 0 Å². The van der Waals surface area contributed by atoms with Crippen LogP contribution in [0.2, 0.25) is 0 Å². The van der Waals surface area contributed by atoms with E-state index in [-0.39, 0.29) is 12.0 Å². The lowest BCUT2D eigenvalue weighted by Crippen LogP contribution is -2.07. The van der Waals surface area contributed by atoms with Gasteiger partial charge in [0.2, 0.25) is 5.95 Å². The maximum atomic E-state index is 13.4. The molecule has 0 saturated heterocycles. The summed E-state index contributed by atoms with van der Waals surface area (Å²) in [5, 5.41) is 4.34. The van der Waals surface area contributed by atoms with Crippen LogP contribution in [0, 0.1) is 29.1 Å². The number of anilines is 3. The number of aromatic nitrogens is 2. The molecule has 0 bridgehead atoms. The smallest absolute Gasteiger partial charge is 0.224 e. The quantitative estimate of drug-likeness (QED) is 0.674. The molecule has 0 aliphatic heterocycles. The van der Waals surface area contributed by atoms with Crippen LogP contribution in [0.15, 0.2) is 12.3 Å². The fourth-order valence-corrected chi connectivity index (χ4v) is 1.38. The van der Waals surface area contributed by atoms with E-state index >= 15 is 0 Å². The van der Waals surface area contributed by atoms with Gasteiger partial charge in [-0.25, -0.2) is 26.9 Å². The Morgan fingerprint density at radius 1 is 0.950 bits per heavy atom. The zero-order valence-corrected chi connectivity index (χ0v) is 9.94. The molecule has 0 fully saturated rings. The van der Waals surface area contributed by atoms with E-state index in [1.54, 1.807) is 0 Å². The largest absolute Gasteiger partial charge is 0.357 e. The zero-order valence-electron chi connectivity index (χ0n) is 9.94. The lowest BCUT2D eigenvalue weighted by Gasteiger charge is -2.10. The standard InChI is InChI=1S/C11H7F5N4/c1-17-11-18-3-6(14)10(20-11)19-9-7(15)4(12)2-5(13)8(9)16/h2-3H,1H3,(H2,17,18,19,20). The average Bonchev–Trinajstić information content (AvgIpc) is 2.43. The Hall–Kier alpha value is -2.45. The number of nitrogens with zero attached hydrogens (tertiary/aromatic N) is 2. The van der Waals surface area contributed by atoms with Crippen LogP contribution >= 0.6 is 0 Å². The zero-order chi connectivity index (χ0) is 14.9. The van der Waals surface area contributed by atoms with Crippen molar-refractivity contribution in [2.45, 2.75) is 0 Å². The molecule has 20 heavy (non-hydrogen) atoms. The lowest BCUT2D eigenvalue weighted by atomic mass is 10.2. The summed E-state index contributed by atoms with van der Waals surface area (Å²) < 4.78 is 66.3.